The molecule has 8 nitrogen and oxygen atoms in total. The number of nitrogens with zero attached hydrogens (tertiary/aromatic N) is 1. The van der Waals surface area contributed by atoms with E-state index in [4.69, 9.17) is 0 Å². The summed E-state index contributed by atoms with van der Waals surface area (Å²) in [6, 6.07) is 11.2. The number of sulfonamides is 1. The predicted molar refractivity (Wildman–Crippen MR) is 110 cm³/mol. The van der Waals surface area contributed by atoms with Crippen molar-refractivity contribution < 1.29 is 22.8 Å². The van der Waals surface area contributed by atoms with Gasteiger partial charge >= 0.3 is 0 Å². The Hall–Kier alpha value is -3.20. The van der Waals surface area contributed by atoms with Crippen molar-refractivity contribution >= 4 is 39.1 Å². The Bertz CT molecular complexity index is 1110. The molecule has 2 heterocycles. The van der Waals surface area contributed by atoms with Crippen molar-refractivity contribution in [2.45, 2.75) is 43.5 Å². The number of fused-ring (bicyclic) bond motifs is 1. The molecule has 2 aliphatic rings. The molecule has 2 N–H and O–H groups in total. The number of amides is 3. The molecule has 0 atom stereocenters. The lowest BCUT2D eigenvalue weighted by molar-refractivity contribution is -0.139. The van der Waals surface area contributed by atoms with Crippen LogP contribution in [0.4, 0.5) is 11.4 Å². The largest absolute Gasteiger partial charge is 0.326 e. The van der Waals surface area contributed by atoms with Gasteiger partial charge in [-0.05, 0) is 54.3 Å². The molecular formula is C21H21N3O5S. The van der Waals surface area contributed by atoms with Crippen molar-refractivity contribution in [1.82, 2.24) is 4.90 Å². The third-order valence-electron chi connectivity index (χ3n) is 5.21. The quantitative estimate of drug-likeness (QED) is 0.712. The normalized spacial score (nSPS) is 16.8. The molecule has 4 rings (SSSR count). The number of nitrogens with one attached hydrogen (secondary N) is 2. The van der Waals surface area contributed by atoms with Gasteiger partial charge in [-0.2, -0.15) is 0 Å². The second-order valence-electron chi connectivity index (χ2n) is 7.40. The number of likely N-dealkylation sites (tertiary alicyclic amines) is 1. The summed E-state index contributed by atoms with van der Waals surface area (Å²) in [5.41, 5.74) is 2.55. The van der Waals surface area contributed by atoms with Gasteiger partial charge in [0.15, 0.2) is 0 Å². The fourth-order valence-electron chi connectivity index (χ4n) is 3.59. The van der Waals surface area contributed by atoms with Crippen molar-refractivity contribution in [3.05, 3.63) is 53.6 Å². The number of anilines is 2. The smallest absolute Gasteiger partial charge is 0.261 e. The van der Waals surface area contributed by atoms with Crippen LogP contribution in [0.15, 0.2) is 47.4 Å². The van der Waals surface area contributed by atoms with E-state index in [-0.39, 0.29) is 42.0 Å². The van der Waals surface area contributed by atoms with E-state index in [1.54, 1.807) is 36.4 Å². The summed E-state index contributed by atoms with van der Waals surface area (Å²) >= 11 is 0. The van der Waals surface area contributed by atoms with Crippen molar-refractivity contribution in [2.24, 2.45) is 0 Å². The molecule has 156 valence electrons. The monoisotopic (exact) mass is 427 g/mol. The van der Waals surface area contributed by atoms with E-state index in [0.29, 0.717) is 30.6 Å². The van der Waals surface area contributed by atoms with Crippen molar-refractivity contribution in [3.8, 4) is 0 Å². The fraction of sp³-hybridized carbons (Fsp3) is 0.286. The molecule has 0 unspecified atom stereocenters. The fourth-order valence-corrected chi connectivity index (χ4v) is 4.70. The number of rotatable bonds is 5. The summed E-state index contributed by atoms with van der Waals surface area (Å²) in [5, 5.41) is 2.79. The Morgan fingerprint density at radius 2 is 1.60 bits per heavy atom. The number of carbonyl (C=O) groups is 3. The van der Waals surface area contributed by atoms with Gasteiger partial charge < -0.3 is 5.32 Å². The minimum Gasteiger partial charge on any atom is -0.326 e. The molecule has 0 radical (unpaired) electrons. The third-order valence-corrected chi connectivity index (χ3v) is 6.59. The van der Waals surface area contributed by atoms with Crippen molar-refractivity contribution in [2.75, 3.05) is 10.0 Å². The van der Waals surface area contributed by atoms with Gasteiger partial charge in [0.1, 0.15) is 0 Å². The lowest BCUT2D eigenvalue weighted by Gasteiger charge is -2.15. The molecule has 0 spiro atoms. The summed E-state index contributed by atoms with van der Waals surface area (Å²) in [6.45, 7) is 0.182. The minimum absolute atomic E-state index is 0.0695. The van der Waals surface area contributed by atoms with Gasteiger partial charge in [-0.25, -0.2) is 8.42 Å². The maximum Gasteiger partial charge on any atom is 0.261 e. The first-order chi connectivity index (χ1) is 14.3. The lowest BCUT2D eigenvalue weighted by atomic mass is 10.1. The summed E-state index contributed by atoms with van der Waals surface area (Å²) in [7, 11) is -3.81. The molecule has 0 saturated carbocycles. The molecule has 9 heteroatoms. The van der Waals surface area contributed by atoms with Gasteiger partial charge in [0.2, 0.25) is 17.7 Å². The van der Waals surface area contributed by atoms with E-state index < -0.39 is 10.0 Å². The highest BCUT2D eigenvalue weighted by Gasteiger charge is 2.28. The summed E-state index contributed by atoms with van der Waals surface area (Å²) < 4.78 is 28.1. The minimum atomic E-state index is -3.81. The Balaban J connectivity index is 1.48. The Morgan fingerprint density at radius 3 is 2.30 bits per heavy atom. The average Bonchev–Trinajstić information content (AvgIpc) is 2.90. The highest BCUT2D eigenvalue weighted by atomic mass is 32.2. The van der Waals surface area contributed by atoms with Gasteiger partial charge in [0.05, 0.1) is 11.4 Å². The van der Waals surface area contributed by atoms with E-state index in [9.17, 15) is 22.8 Å². The number of carbonyl (C=O) groups excluding carboxylic acids is 3. The molecule has 2 aromatic rings. The summed E-state index contributed by atoms with van der Waals surface area (Å²) in [4.78, 5) is 36.5. The molecule has 0 bridgehead atoms. The number of benzene rings is 2. The van der Waals surface area contributed by atoms with Crippen LogP contribution in [0.2, 0.25) is 0 Å². The molecule has 2 aliphatic heterocycles. The zero-order valence-electron chi connectivity index (χ0n) is 16.2. The van der Waals surface area contributed by atoms with E-state index in [2.05, 4.69) is 10.0 Å². The number of hydrogen-bond acceptors (Lipinski definition) is 5. The molecule has 1 fully saturated rings. The predicted octanol–water partition coefficient (Wildman–Crippen LogP) is 2.41. The van der Waals surface area contributed by atoms with Crippen LogP contribution in [0.25, 0.3) is 0 Å². The van der Waals surface area contributed by atoms with Crippen molar-refractivity contribution in [3.63, 3.8) is 0 Å². The maximum atomic E-state index is 12.8. The van der Waals surface area contributed by atoms with Gasteiger partial charge in [-0.1, -0.05) is 12.1 Å². The number of aryl methyl sites for hydroxylation is 1. The van der Waals surface area contributed by atoms with E-state index in [1.165, 1.54) is 11.0 Å². The SMILES string of the molecule is O=C1CCCc2cc(S(=O)(=O)Nc3ccc(CN4C(=O)CCC4=O)cc3)ccc2N1. The molecule has 1 saturated heterocycles. The van der Waals surface area contributed by atoms with Crippen LogP contribution in [0.1, 0.15) is 36.8 Å². The Kier molecular flexibility index (Phi) is 5.29. The molecule has 2 aromatic carbocycles. The molecule has 30 heavy (non-hydrogen) atoms. The Morgan fingerprint density at radius 1 is 0.900 bits per heavy atom. The maximum absolute atomic E-state index is 12.8. The van der Waals surface area contributed by atoms with Crippen LogP contribution in [-0.4, -0.2) is 31.0 Å². The van der Waals surface area contributed by atoms with Crippen molar-refractivity contribution in [1.29, 1.82) is 0 Å². The number of imide groups is 1. The van der Waals surface area contributed by atoms with Gasteiger partial charge in [0.25, 0.3) is 10.0 Å². The van der Waals surface area contributed by atoms with Crippen LogP contribution in [0.3, 0.4) is 0 Å². The van der Waals surface area contributed by atoms with Crippen LogP contribution in [-0.2, 0) is 37.4 Å². The highest BCUT2D eigenvalue weighted by Crippen LogP contribution is 2.26. The van der Waals surface area contributed by atoms with E-state index in [1.807, 2.05) is 0 Å². The number of hydrogen-bond donors (Lipinski definition) is 2. The summed E-state index contributed by atoms with van der Waals surface area (Å²) in [5.74, 6) is -0.451. The van der Waals surface area contributed by atoms with Crippen LogP contribution >= 0.6 is 0 Å². The lowest BCUT2D eigenvalue weighted by Crippen LogP contribution is -2.28. The van der Waals surface area contributed by atoms with E-state index >= 15 is 0 Å². The van der Waals surface area contributed by atoms with Crippen LogP contribution in [0.5, 0.6) is 0 Å². The first-order valence-corrected chi connectivity index (χ1v) is 11.2. The van der Waals surface area contributed by atoms with Gasteiger partial charge in [-0.3, -0.25) is 24.0 Å². The second kappa shape index (κ2) is 7.91. The van der Waals surface area contributed by atoms with Crippen LogP contribution < -0.4 is 10.0 Å². The van der Waals surface area contributed by atoms with E-state index in [0.717, 1.165) is 11.1 Å². The van der Waals surface area contributed by atoms with Gasteiger partial charge in [-0.15, -0.1) is 0 Å². The average molecular weight is 427 g/mol. The standard InChI is InChI=1S/C21H21N3O5S/c25-19-3-1-2-15-12-17(8-9-18(15)22-19)30(28,29)23-16-6-4-14(5-7-16)13-24-20(26)10-11-21(24)27/h4-9,12,23H,1-3,10-11,13H2,(H,22,25). The zero-order chi connectivity index (χ0) is 21.3. The topological polar surface area (TPSA) is 113 Å². The Labute approximate surface area is 174 Å². The third kappa shape index (κ3) is 4.20. The second-order valence-corrected chi connectivity index (χ2v) is 9.08. The summed E-state index contributed by atoms with van der Waals surface area (Å²) in [6.07, 6.45) is 2.18. The molecule has 3 amide bonds. The first-order valence-electron chi connectivity index (χ1n) is 9.69. The molecule has 0 aliphatic carbocycles. The molecule has 0 aromatic heterocycles. The van der Waals surface area contributed by atoms with Gasteiger partial charge in [0, 0.05) is 30.6 Å². The molecular weight excluding hydrogens is 406 g/mol. The van der Waals surface area contributed by atoms with Crippen LogP contribution in [0, 0.1) is 0 Å². The highest BCUT2D eigenvalue weighted by molar-refractivity contribution is 7.92. The first kappa shape index (κ1) is 20.1. The zero-order valence-corrected chi connectivity index (χ0v) is 17.0.